The lowest BCUT2D eigenvalue weighted by Crippen LogP contribution is -2.28. The fourth-order valence-corrected chi connectivity index (χ4v) is 2.07. The number of aromatic carboxylic acids is 1. The predicted molar refractivity (Wildman–Crippen MR) is 62.1 cm³/mol. The Balaban J connectivity index is 2.32. The van der Waals surface area contributed by atoms with Gasteiger partial charge in [-0.05, 0) is 19.4 Å². The zero-order chi connectivity index (χ0) is 12.4. The van der Waals surface area contributed by atoms with Gasteiger partial charge in [-0.25, -0.2) is 9.78 Å². The van der Waals surface area contributed by atoms with Crippen molar-refractivity contribution in [3.8, 4) is 0 Å². The standard InChI is InChI=1S/C12H18N2O3/c1-7(2)11-14-9(10(17-11)12(15)16)8-5-3-4-6-13-8/h7-8,13H,3-6H2,1-2H3,(H,15,16). The van der Waals surface area contributed by atoms with E-state index in [1.54, 1.807) is 0 Å². The van der Waals surface area contributed by atoms with E-state index in [9.17, 15) is 4.79 Å². The minimum absolute atomic E-state index is 0.00639. The van der Waals surface area contributed by atoms with Gasteiger partial charge in [-0.2, -0.15) is 0 Å². The molecule has 5 nitrogen and oxygen atoms in total. The van der Waals surface area contributed by atoms with Crippen molar-refractivity contribution < 1.29 is 14.3 Å². The summed E-state index contributed by atoms with van der Waals surface area (Å²) >= 11 is 0. The molecule has 0 saturated carbocycles. The Kier molecular flexibility index (Phi) is 3.47. The number of nitrogens with one attached hydrogen (secondary N) is 1. The molecule has 1 aromatic heterocycles. The van der Waals surface area contributed by atoms with Gasteiger partial charge in [0.2, 0.25) is 5.76 Å². The Morgan fingerprint density at radius 2 is 2.29 bits per heavy atom. The van der Waals surface area contributed by atoms with Crippen LogP contribution in [0.3, 0.4) is 0 Å². The molecule has 1 fully saturated rings. The Bertz CT molecular complexity index is 406. The quantitative estimate of drug-likeness (QED) is 0.845. The summed E-state index contributed by atoms with van der Waals surface area (Å²) in [6.07, 6.45) is 3.15. The number of aromatic nitrogens is 1. The molecule has 0 bridgehead atoms. The molecule has 0 aromatic carbocycles. The van der Waals surface area contributed by atoms with E-state index in [1.165, 1.54) is 0 Å². The van der Waals surface area contributed by atoms with Crippen LogP contribution in [0.25, 0.3) is 0 Å². The summed E-state index contributed by atoms with van der Waals surface area (Å²) in [6.45, 7) is 4.79. The molecule has 0 aliphatic carbocycles. The maximum absolute atomic E-state index is 11.1. The first-order chi connectivity index (χ1) is 8.09. The smallest absolute Gasteiger partial charge is 0.373 e. The molecule has 1 unspecified atom stereocenters. The molecule has 2 rings (SSSR count). The monoisotopic (exact) mass is 238 g/mol. The molecule has 5 heteroatoms. The molecule has 94 valence electrons. The first kappa shape index (κ1) is 12.1. The average Bonchev–Trinajstić information content (AvgIpc) is 2.75. The van der Waals surface area contributed by atoms with Crippen LogP contribution in [0.15, 0.2) is 4.42 Å². The van der Waals surface area contributed by atoms with Gasteiger partial charge in [0.15, 0.2) is 5.89 Å². The third-order valence-corrected chi connectivity index (χ3v) is 3.00. The van der Waals surface area contributed by atoms with E-state index < -0.39 is 5.97 Å². The van der Waals surface area contributed by atoms with Crippen LogP contribution in [0.1, 0.15) is 67.2 Å². The molecule has 17 heavy (non-hydrogen) atoms. The van der Waals surface area contributed by atoms with E-state index in [-0.39, 0.29) is 17.7 Å². The Morgan fingerprint density at radius 3 is 2.82 bits per heavy atom. The molecular weight excluding hydrogens is 220 g/mol. The van der Waals surface area contributed by atoms with E-state index in [1.807, 2.05) is 13.8 Å². The van der Waals surface area contributed by atoms with Crippen LogP contribution in [-0.2, 0) is 0 Å². The second-order valence-electron chi connectivity index (χ2n) is 4.73. The summed E-state index contributed by atoms with van der Waals surface area (Å²) in [6, 6.07) is 0.0195. The van der Waals surface area contributed by atoms with Crippen LogP contribution >= 0.6 is 0 Å². The normalized spacial score (nSPS) is 20.8. The lowest BCUT2D eigenvalue weighted by molar-refractivity contribution is 0.0656. The minimum atomic E-state index is -1.04. The second-order valence-corrected chi connectivity index (χ2v) is 4.73. The number of carboxylic acid groups (broad SMARTS) is 1. The highest BCUT2D eigenvalue weighted by atomic mass is 16.4. The zero-order valence-corrected chi connectivity index (χ0v) is 10.2. The second kappa shape index (κ2) is 4.87. The zero-order valence-electron chi connectivity index (χ0n) is 10.2. The summed E-state index contributed by atoms with van der Waals surface area (Å²) in [5.74, 6) is -0.435. The highest BCUT2D eigenvalue weighted by molar-refractivity contribution is 5.85. The summed E-state index contributed by atoms with van der Waals surface area (Å²) in [7, 11) is 0. The van der Waals surface area contributed by atoms with Gasteiger partial charge in [-0.15, -0.1) is 0 Å². The molecule has 0 amide bonds. The van der Waals surface area contributed by atoms with Crippen molar-refractivity contribution >= 4 is 5.97 Å². The SMILES string of the molecule is CC(C)c1nc(C2CCCCN2)c(C(=O)O)o1. The lowest BCUT2D eigenvalue weighted by Gasteiger charge is -2.21. The number of carbonyl (C=O) groups is 1. The molecule has 0 spiro atoms. The van der Waals surface area contributed by atoms with Crippen LogP contribution in [0, 0.1) is 0 Å². The van der Waals surface area contributed by atoms with Gasteiger partial charge in [0.05, 0.1) is 6.04 Å². The number of oxazole rings is 1. The molecule has 0 radical (unpaired) electrons. The number of nitrogens with zero attached hydrogens (tertiary/aromatic N) is 1. The van der Waals surface area contributed by atoms with Crippen molar-refractivity contribution in [3.63, 3.8) is 0 Å². The Morgan fingerprint density at radius 1 is 1.53 bits per heavy atom. The summed E-state index contributed by atoms with van der Waals surface area (Å²) in [4.78, 5) is 15.5. The average molecular weight is 238 g/mol. The van der Waals surface area contributed by atoms with Crippen molar-refractivity contribution in [2.45, 2.75) is 45.1 Å². The van der Waals surface area contributed by atoms with Gasteiger partial charge in [0.25, 0.3) is 0 Å². The van der Waals surface area contributed by atoms with E-state index in [2.05, 4.69) is 10.3 Å². The van der Waals surface area contributed by atoms with Crippen LogP contribution in [-0.4, -0.2) is 22.6 Å². The third kappa shape index (κ3) is 2.49. The topological polar surface area (TPSA) is 75.4 Å². The number of carboxylic acids is 1. The highest BCUT2D eigenvalue weighted by Gasteiger charge is 2.27. The molecular formula is C12H18N2O3. The molecule has 2 heterocycles. The fourth-order valence-electron chi connectivity index (χ4n) is 2.07. The number of hydrogen-bond donors (Lipinski definition) is 2. The van der Waals surface area contributed by atoms with Crippen molar-refractivity contribution in [2.24, 2.45) is 0 Å². The summed E-state index contributed by atoms with van der Waals surface area (Å²) < 4.78 is 5.34. The maximum atomic E-state index is 11.1. The van der Waals surface area contributed by atoms with E-state index in [4.69, 9.17) is 9.52 Å². The first-order valence-corrected chi connectivity index (χ1v) is 6.07. The Hall–Kier alpha value is -1.36. The van der Waals surface area contributed by atoms with Gasteiger partial charge in [0, 0.05) is 5.92 Å². The predicted octanol–water partition coefficient (Wildman–Crippen LogP) is 2.31. The van der Waals surface area contributed by atoms with Crippen LogP contribution < -0.4 is 5.32 Å². The fraction of sp³-hybridized carbons (Fsp3) is 0.667. The molecule has 1 aliphatic rings. The molecule has 1 atom stereocenters. The van der Waals surface area contributed by atoms with Crippen LogP contribution in [0.5, 0.6) is 0 Å². The largest absolute Gasteiger partial charge is 0.475 e. The van der Waals surface area contributed by atoms with Gasteiger partial charge in [-0.1, -0.05) is 20.3 Å². The van der Waals surface area contributed by atoms with Crippen molar-refractivity contribution in [2.75, 3.05) is 6.54 Å². The van der Waals surface area contributed by atoms with Crippen LogP contribution in [0.4, 0.5) is 0 Å². The van der Waals surface area contributed by atoms with Crippen molar-refractivity contribution in [1.82, 2.24) is 10.3 Å². The van der Waals surface area contributed by atoms with Crippen molar-refractivity contribution in [1.29, 1.82) is 0 Å². The molecule has 1 aromatic rings. The van der Waals surface area contributed by atoms with E-state index in [0.29, 0.717) is 11.6 Å². The minimum Gasteiger partial charge on any atom is -0.475 e. The number of hydrogen-bond acceptors (Lipinski definition) is 4. The summed E-state index contributed by atoms with van der Waals surface area (Å²) in [5, 5.41) is 12.4. The molecule has 1 aliphatic heterocycles. The Labute approximate surface area is 100 Å². The van der Waals surface area contributed by atoms with Crippen molar-refractivity contribution in [3.05, 3.63) is 17.3 Å². The number of piperidine rings is 1. The molecule has 2 N–H and O–H groups in total. The maximum Gasteiger partial charge on any atom is 0.373 e. The van der Waals surface area contributed by atoms with Gasteiger partial charge in [-0.3, -0.25) is 0 Å². The first-order valence-electron chi connectivity index (χ1n) is 6.07. The molecule has 1 saturated heterocycles. The van der Waals surface area contributed by atoms with Gasteiger partial charge >= 0.3 is 5.97 Å². The lowest BCUT2D eigenvalue weighted by atomic mass is 10.0. The number of rotatable bonds is 3. The van der Waals surface area contributed by atoms with E-state index in [0.717, 1.165) is 25.8 Å². The van der Waals surface area contributed by atoms with E-state index >= 15 is 0 Å². The summed E-state index contributed by atoms with van der Waals surface area (Å²) in [5.41, 5.74) is 0.556. The third-order valence-electron chi connectivity index (χ3n) is 3.00. The van der Waals surface area contributed by atoms with Gasteiger partial charge in [0.1, 0.15) is 5.69 Å². The highest BCUT2D eigenvalue weighted by Crippen LogP contribution is 2.28. The van der Waals surface area contributed by atoms with Gasteiger partial charge < -0.3 is 14.8 Å². The van der Waals surface area contributed by atoms with Crippen LogP contribution in [0.2, 0.25) is 0 Å².